The Morgan fingerprint density at radius 1 is 1.13 bits per heavy atom. The van der Waals surface area contributed by atoms with Crippen molar-refractivity contribution in [2.45, 2.75) is 32.9 Å². The minimum atomic E-state index is -4.42. The van der Waals surface area contributed by atoms with E-state index in [0.29, 0.717) is 51.8 Å². The van der Waals surface area contributed by atoms with E-state index in [1.165, 1.54) is 10.7 Å². The van der Waals surface area contributed by atoms with Crippen LogP contribution in [0, 0.1) is 0 Å². The number of carbonyl (C=O) groups is 1. The molecule has 0 atom stereocenters. The van der Waals surface area contributed by atoms with Gasteiger partial charge in [0.05, 0.1) is 18.3 Å². The quantitative estimate of drug-likeness (QED) is 0.579. The summed E-state index contributed by atoms with van der Waals surface area (Å²) in [5, 5.41) is 7.93. The number of amides is 1. The van der Waals surface area contributed by atoms with Crippen LogP contribution in [0.4, 0.5) is 19.0 Å². The van der Waals surface area contributed by atoms with Crippen molar-refractivity contribution < 1.29 is 27.4 Å². The van der Waals surface area contributed by atoms with Gasteiger partial charge in [-0.25, -0.2) is 9.67 Å². The molecule has 0 saturated carbocycles. The van der Waals surface area contributed by atoms with Gasteiger partial charge >= 0.3 is 6.18 Å². The largest absolute Gasteiger partial charge is 0.417 e. The molecule has 0 aliphatic carbocycles. The summed E-state index contributed by atoms with van der Waals surface area (Å²) in [5.41, 5.74) is -0.572. The topological polar surface area (TPSA) is 85.6 Å². The second kappa shape index (κ2) is 10.1. The number of hydrogen-bond acceptors (Lipinski definition) is 7. The van der Waals surface area contributed by atoms with Crippen LogP contribution >= 0.6 is 0 Å². The van der Waals surface area contributed by atoms with Gasteiger partial charge in [-0.15, -0.1) is 5.10 Å². The van der Waals surface area contributed by atoms with E-state index >= 15 is 0 Å². The number of ether oxygens (including phenoxy) is 2. The van der Waals surface area contributed by atoms with Crippen molar-refractivity contribution in [2.24, 2.45) is 0 Å². The molecule has 0 unspecified atom stereocenters. The van der Waals surface area contributed by atoms with Crippen LogP contribution in [0.15, 0.2) is 24.5 Å². The molecule has 1 aliphatic rings. The highest BCUT2D eigenvalue weighted by atomic mass is 19.4. The van der Waals surface area contributed by atoms with Gasteiger partial charge in [0, 0.05) is 45.6 Å². The van der Waals surface area contributed by atoms with Crippen LogP contribution in [0.2, 0.25) is 0 Å². The lowest BCUT2D eigenvalue weighted by molar-refractivity contribution is -0.145. The van der Waals surface area contributed by atoms with E-state index in [0.717, 1.165) is 12.3 Å². The summed E-state index contributed by atoms with van der Waals surface area (Å²) in [7, 11) is 0. The molecule has 1 saturated heterocycles. The normalized spacial score (nSPS) is 15.0. The third-order valence-corrected chi connectivity index (χ3v) is 4.77. The number of hydrogen-bond donors (Lipinski definition) is 0. The first kappa shape index (κ1) is 22.9. The SMILES string of the molecule is CCOC(Cn1cc(C(=O)N2CCN(c3ccc(C(F)(F)F)cn3)CC2)nn1)OCC. The van der Waals surface area contributed by atoms with Gasteiger partial charge in [-0.2, -0.15) is 13.2 Å². The zero-order chi connectivity index (χ0) is 22.4. The number of anilines is 1. The molecule has 0 bridgehead atoms. The zero-order valence-corrected chi connectivity index (χ0v) is 17.4. The van der Waals surface area contributed by atoms with E-state index in [9.17, 15) is 18.0 Å². The number of pyridine rings is 1. The van der Waals surface area contributed by atoms with E-state index in [2.05, 4.69) is 15.3 Å². The molecule has 0 aromatic carbocycles. The van der Waals surface area contributed by atoms with E-state index in [1.807, 2.05) is 18.7 Å². The lowest BCUT2D eigenvalue weighted by Gasteiger charge is -2.35. The summed E-state index contributed by atoms with van der Waals surface area (Å²) < 4.78 is 50.5. The zero-order valence-electron chi connectivity index (χ0n) is 17.4. The third-order valence-electron chi connectivity index (χ3n) is 4.77. The number of piperazine rings is 1. The summed E-state index contributed by atoms with van der Waals surface area (Å²) in [6.45, 7) is 6.72. The smallest absolute Gasteiger partial charge is 0.353 e. The van der Waals surface area contributed by atoms with Crippen molar-refractivity contribution in [1.82, 2.24) is 24.9 Å². The Kier molecular flexibility index (Phi) is 7.44. The molecule has 31 heavy (non-hydrogen) atoms. The third kappa shape index (κ3) is 5.91. The Balaban J connectivity index is 1.55. The average Bonchev–Trinajstić information content (AvgIpc) is 3.22. The molecule has 1 aliphatic heterocycles. The fraction of sp³-hybridized carbons (Fsp3) is 0.579. The molecule has 0 radical (unpaired) electrons. The Morgan fingerprint density at radius 2 is 1.81 bits per heavy atom. The number of rotatable bonds is 8. The first-order chi connectivity index (χ1) is 14.8. The molecule has 12 heteroatoms. The molecule has 1 amide bonds. The summed E-state index contributed by atoms with van der Waals surface area (Å²) in [5.74, 6) is 0.194. The lowest BCUT2D eigenvalue weighted by atomic mass is 10.2. The van der Waals surface area contributed by atoms with Crippen molar-refractivity contribution in [3.05, 3.63) is 35.8 Å². The molecule has 1 fully saturated rings. The Morgan fingerprint density at radius 3 is 2.35 bits per heavy atom. The van der Waals surface area contributed by atoms with Crippen LogP contribution in [-0.4, -0.2) is 76.5 Å². The van der Waals surface area contributed by atoms with Crippen LogP contribution < -0.4 is 4.90 Å². The maximum Gasteiger partial charge on any atom is 0.417 e. The lowest BCUT2D eigenvalue weighted by Crippen LogP contribution is -2.49. The van der Waals surface area contributed by atoms with Gasteiger partial charge in [0.1, 0.15) is 5.82 Å². The van der Waals surface area contributed by atoms with Crippen LogP contribution in [-0.2, 0) is 22.2 Å². The summed E-state index contributed by atoms with van der Waals surface area (Å²) in [6.07, 6.45) is -2.51. The van der Waals surface area contributed by atoms with Gasteiger partial charge in [-0.1, -0.05) is 5.21 Å². The monoisotopic (exact) mass is 442 g/mol. The molecule has 2 aromatic heterocycles. The predicted molar refractivity (Wildman–Crippen MR) is 104 cm³/mol. The summed E-state index contributed by atoms with van der Waals surface area (Å²) in [4.78, 5) is 20.1. The molecule has 3 heterocycles. The van der Waals surface area contributed by atoms with Gasteiger partial charge in [0.15, 0.2) is 12.0 Å². The van der Waals surface area contributed by atoms with Gasteiger partial charge < -0.3 is 19.3 Å². The summed E-state index contributed by atoms with van der Waals surface area (Å²) in [6, 6.07) is 2.36. The number of nitrogens with zero attached hydrogens (tertiary/aromatic N) is 6. The maximum absolute atomic E-state index is 12.7. The standard InChI is InChI=1S/C19H25F3N6O3/c1-3-30-17(31-4-2)13-28-12-15(24-25-28)18(29)27-9-7-26(8-10-27)16-6-5-14(11-23-16)19(20,21)22/h5-6,11-12,17H,3-4,7-10,13H2,1-2H3. The minimum Gasteiger partial charge on any atom is -0.353 e. The molecule has 3 rings (SSSR count). The molecule has 2 aromatic rings. The molecule has 0 spiro atoms. The van der Waals surface area contributed by atoms with E-state index in [4.69, 9.17) is 9.47 Å². The molecule has 0 N–H and O–H groups in total. The predicted octanol–water partition coefficient (Wildman–Crippen LogP) is 2.05. The van der Waals surface area contributed by atoms with Crippen LogP contribution in [0.3, 0.4) is 0 Å². The highest BCUT2D eigenvalue weighted by Gasteiger charge is 2.31. The average molecular weight is 442 g/mol. The maximum atomic E-state index is 12.7. The van der Waals surface area contributed by atoms with Crippen LogP contribution in [0.25, 0.3) is 0 Å². The van der Waals surface area contributed by atoms with E-state index in [-0.39, 0.29) is 11.6 Å². The molecular weight excluding hydrogens is 417 g/mol. The second-order valence-corrected chi connectivity index (χ2v) is 6.85. The van der Waals surface area contributed by atoms with Crippen molar-refractivity contribution in [3.8, 4) is 0 Å². The van der Waals surface area contributed by atoms with Gasteiger partial charge in [0.2, 0.25) is 0 Å². The Bertz CT molecular complexity index is 844. The van der Waals surface area contributed by atoms with Crippen molar-refractivity contribution >= 4 is 11.7 Å². The highest BCUT2D eigenvalue weighted by Crippen LogP contribution is 2.29. The summed E-state index contributed by atoms with van der Waals surface area (Å²) >= 11 is 0. The fourth-order valence-electron chi connectivity index (χ4n) is 3.21. The Labute approximate surface area is 177 Å². The first-order valence-electron chi connectivity index (χ1n) is 10.0. The van der Waals surface area contributed by atoms with E-state index < -0.39 is 18.0 Å². The van der Waals surface area contributed by atoms with Crippen molar-refractivity contribution in [2.75, 3.05) is 44.3 Å². The Hall–Kier alpha value is -2.73. The van der Waals surface area contributed by atoms with Gasteiger partial charge in [-0.05, 0) is 26.0 Å². The number of carbonyl (C=O) groups excluding carboxylic acids is 1. The fourth-order valence-corrected chi connectivity index (χ4v) is 3.21. The van der Waals surface area contributed by atoms with Crippen LogP contribution in [0.1, 0.15) is 29.9 Å². The second-order valence-electron chi connectivity index (χ2n) is 6.85. The molecule has 170 valence electrons. The van der Waals surface area contributed by atoms with Crippen molar-refractivity contribution in [1.29, 1.82) is 0 Å². The van der Waals surface area contributed by atoms with E-state index in [1.54, 1.807) is 11.1 Å². The molecule has 9 nitrogen and oxygen atoms in total. The molecular formula is C19H25F3N6O3. The number of alkyl halides is 3. The minimum absolute atomic E-state index is 0.216. The highest BCUT2D eigenvalue weighted by molar-refractivity contribution is 5.92. The number of halogens is 3. The van der Waals surface area contributed by atoms with Gasteiger partial charge in [-0.3, -0.25) is 4.79 Å². The van der Waals surface area contributed by atoms with Crippen molar-refractivity contribution in [3.63, 3.8) is 0 Å². The first-order valence-corrected chi connectivity index (χ1v) is 10.0. The van der Waals surface area contributed by atoms with Gasteiger partial charge in [0.25, 0.3) is 5.91 Å². The number of aromatic nitrogens is 4. The van der Waals surface area contributed by atoms with Crippen LogP contribution in [0.5, 0.6) is 0 Å².